The van der Waals surface area contributed by atoms with E-state index in [1.807, 2.05) is 11.9 Å². The van der Waals surface area contributed by atoms with Crippen molar-refractivity contribution in [3.63, 3.8) is 0 Å². The Balaban J connectivity index is 1.76. The molecule has 0 aliphatic carbocycles. The summed E-state index contributed by atoms with van der Waals surface area (Å²) >= 11 is 1.90. The van der Waals surface area contributed by atoms with Crippen molar-refractivity contribution in [3.8, 4) is 0 Å². The Bertz CT molecular complexity index is 259. The normalized spacial score (nSPS) is 18.3. The molecule has 2 nitrogen and oxygen atoms in total. The van der Waals surface area contributed by atoms with Crippen molar-refractivity contribution in [2.24, 2.45) is 0 Å². The number of hydrogen-bond acceptors (Lipinski definition) is 3. The van der Waals surface area contributed by atoms with E-state index in [2.05, 4.69) is 34.6 Å². The highest BCUT2D eigenvalue weighted by molar-refractivity contribution is 7.96. The maximum Gasteiger partial charge on any atom is 0.0603 e. The zero-order valence-corrected chi connectivity index (χ0v) is 9.00. The lowest BCUT2D eigenvalue weighted by molar-refractivity contribution is 0.0773. The molecule has 2 rings (SSSR count). The van der Waals surface area contributed by atoms with Crippen molar-refractivity contribution >= 4 is 11.9 Å². The second kappa shape index (κ2) is 5.39. The van der Waals surface area contributed by atoms with E-state index in [1.165, 1.54) is 5.56 Å². The van der Waals surface area contributed by atoms with Crippen molar-refractivity contribution in [1.29, 1.82) is 0 Å². The molecular formula is C11H15NOS. The molecule has 0 unspecified atom stereocenters. The molecule has 0 spiro atoms. The molecule has 76 valence electrons. The van der Waals surface area contributed by atoms with E-state index in [-0.39, 0.29) is 0 Å². The fourth-order valence-electron chi connectivity index (χ4n) is 1.42. The van der Waals surface area contributed by atoms with Crippen LogP contribution in [0.3, 0.4) is 0 Å². The summed E-state index contributed by atoms with van der Waals surface area (Å²) < 4.78 is 7.68. The molecule has 0 aromatic heterocycles. The van der Waals surface area contributed by atoms with E-state index in [4.69, 9.17) is 4.74 Å². The highest BCUT2D eigenvalue weighted by Crippen LogP contribution is 2.17. The van der Waals surface area contributed by atoms with Crippen LogP contribution in [0.1, 0.15) is 5.56 Å². The smallest absolute Gasteiger partial charge is 0.0603 e. The van der Waals surface area contributed by atoms with E-state index in [9.17, 15) is 0 Å². The molecule has 0 N–H and O–H groups in total. The number of rotatable bonds is 3. The van der Waals surface area contributed by atoms with Crippen LogP contribution in [0, 0.1) is 0 Å². The van der Waals surface area contributed by atoms with Crippen molar-refractivity contribution in [2.75, 3.05) is 26.3 Å². The maximum absolute atomic E-state index is 5.30. The van der Waals surface area contributed by atoms with Gasteiger partial charge in [-0.1, -0.05) is 42.3 Å². The highest BCUT2D eigenvalue weighted by Gasteiger charge is 2.10. The fourth-order valence-corrected chi connectivity index (χ4v) is 2.35. The first-order valence-corrected chi connectivity index (χ1v) is 5.89. The van der Waals surface area contributed by atoms with Crippen LogP contribution in [0.4, 0.5) is 0 Å². The van der Waals surface area contributed by atoms with Crippen LogP contribution in [0.15, 0.2) is 30.3 Å². The second-order valence-corrected chi connectivity index (χ2v) is 4.36. The molecule has 1 aromatic carbocycles. The third-order valence-electron chi connectivity index (χ3n) is 2.23. The molecule has 0 saturated carbocycles. The summed E-state index contributed by atoms with van der Waals surface area (Å²) in [6.07, 6.45) is 0. The van der Waals surface area contributed by atoms with Crippen molar-refractivity contribution < 1.29 is 4.74 Å². The maximum atomic E-state index is 5.30. The van der Waals surface area contributed by atoms with Crippen LogP contribution in [0.5, 0.6) is 0 Å². The number of benzene rings is 1. The lowest BCUT2D eigenvalue weighted by atomic mass is 10.2. The number of morpholine rings is 1. The summed E-state index contributed by atoms with van der Waals surface area (Å²) in [7, 11) is 0. The summed E-state index contributed by atoms with van der Waals surface area (Å²) in [5, 5.41) is 0. The van der Waals surface area contributed by atoms with Gasteiger partial charge in [-0.05, 0) is 5.56 Å². The largest absolute Gasteiger partial charge is 0.379 e. The molecule has 1 heterocycles. The van der Waals surface area contributed by atoms with Gasteiger partial charge in [-0.3, -0.25) is 0 Å². The summed E-state index contributed by atoms with van der Waals surface area (Å²) in [6, 6.07) is 10.6. The summed E-state index contributed by atoms with van der Waals surface area (Å²) in [5.41, 5.74) is 1.39. The molecule has 1 fully saturated rings. The minimum Gasteiger partial charge on any atom is -0.379 e. The third-order valence-corrected chi connectivity index (χ3v) is 3.42. The lowest BCUT2D eigenvalue weighted by Gasteiger charge is -2.25. The first-order chi connectivity index (χ1) is 6.95. The zero-order valence-electron chi connectivity index (χ0n) is 8.19. The van der Waals surface area contributed by atoms with Gasteiger partial charge in [0.1, 0.15) is 0 Å². The molecule has 0 amide bonds. The average molecular weight is 209 g/mol. The van der Waals surface area contributed by atoms with Gasteiger partial charge < -0.3 is 4.74 Å². The average Bonchev–Trinajstić information content (AvgIpc) is 2.29. The van der Waals surface area contributed by atoms with Gasteiger partial charge in [-0.15, -0.1) is 0 Å². The SMILES string of the molecule is c1ccc(CSN2CCOCC2)cc1. The Morgan fingerprint density at radius 2 is 1.86 bits per heavy atom. The van der Waals surface area contributed by atoms with Gasteiger partial charge in [-0.2, -0.15) is 0 Å². The Hall–Kier alpha value is -0.510. The predicted octanol–water partition coefficient (Wildman–Crippen LogP) is 2.17. The summed E-state index contributed by atoms with van der Waals surface area (Å²) in [4.78, 5) is 0. The van der Waals surface area contributed by atoms with Gasteiger partial charge in [0.05, 0.1) is 13.2 Å². The van der Waals surface area contributed by atoms with Crippen molar-refractivity contribution in [2.45, 2.75) is 5.75 Å². The van der Waals surface area contributed by atoms with Gasteiger partial charge in [0, 0.05) is 18.8 Å². The van der Waals surface area contributed by atoms with Crippen LogP contribution in [0.25, 0.3) is 0 Å². The van der Waals surface area contributed by atoms with Crippen LogP contribution < -0.4 is 0 Å². The van der Waals surface area contributed by atoms with E-state index < -0.39 is 0 Å². The number of nitrogens with zero attached hydrogens (tertiary/aromatic N) is 1. The van der Waals surface area contributed by atoms with Gasteiger partial charge in [0.2, 0.25) is 0 Å². The summed E-state index contributed by atoms with van der Waals surface area (Å²) in [5.74, 6) is 1.07. The van der Waals surface area contributed by atoms with E-state index >= 15 is 0 Å². The topological polar surface area (TPSA) is 12.5 Å². The molecule has 0 bridgehead atoms. The Morgan fingerprint density at radius 3 is 2.57 bits per heavy atom. The van der Waals surface area contributed by atoms with Crippen molar-refractivity contribution in [3.05, 3.63) is 35.9 Å². The molecule has 1 aromatic rings. The van der Waals surface area contributed by atoms with Crippen LogP contribution in [0.2, 0.25) is 0 Å². The molecule has 0 radical (unpaired) electrons. The molecule has 1 saturated heterocycles. The second-order valence-electron chi connectivity index (χ2n) is 3.30. The molecule has 14 heavy (non-hydrogen) atoms. The Kier molecular flexibility index (Phi) is 3.86. The van der Waals surface area contributed by atoms with E-state index in [0.29, 0.717) is 0 Å². The van der Waals surface area contributed by atoms with Crippen LogP contribution >= 0.6 is 11.9 Å². The quantitative estimate of drug-likeness (QED) is 0.708. The van der Waals surface area contributed by atoms with Gasteiger partial charge >= 0.3 is 0 Å². The van der Waals surface area contributed by atoms with E-state index in [0.717, 1.165) is 32.1 Å². The highest BCUT2D eigenvalue weighted by atomic mass is 32.2. The lowest BCUT2D eigenvalue weighted by Crippen LogP contribution is -2.31. The monoisotopic (exact) mass is 209 g/mol. The van der Waals surface area contributed by atoms with Crippen LogP contribution in [-0.4, -0.2) is 30.6 Å². The predicted molar refractivity (Wildman–Crippen MR) is 60.1 cm³/mol. The Morgan fingerprint density at radius 1 is 1.14 bits per heavy atom. The third kappa shape index (κ3) is 3.01. The zero-order chi connectivity index (χ0) is 9.64. The van der Waals surface area contributed by atoms with Crippen molar-refractivity contribution in [1.82, 2.24) is 4.31 Å². The summed E-state index contributed by atoms with van der Waals surface area (Å²) in [6.45, 7) is 3.86. The standard InChI is InChI=1S/C11H15NOS/c1-2-4-11(5-3-1)10-14-12-6-8-13-9-7-12/h1-5H,6-10H2. The minimum absolute atomic E-state index is 0.877. The first kappa shape index (κ1) is 10.0. The Labute approximate surface area is 89.4 Å². The number of hydrogen-bond donors (Lipinski definition) is 0. The molecule has 3 heteroatoms. The van der Waals surface area contributed by atoms with Gasteiger partial charge in [0.25, 0.3) is 0 Å². The van der Waals surface area contributed by atoms with Crippen LogP contribution in [-0.2, 0) is 10.5 Å². The first-order valence-electron chi connectivity index (χ1n) is 4.95. The minimum atomic E-state index is 0.877. The molecular weight excluding hydrogens is 194 g/mol. The molecule has 0 atom stereocenters. The van der Waals surface area contributed by atoms with E-state index in [1.54, 1.807) is 0 Å². The fraction of sp³-hybridized carbons (Fsp3) is 0.455. The van der Waals surface area contributed by atoms with Gasteiger partial charge in [0.15, 0.2) is 0 Å². The molecule has 1 aliphatic rings. The van der Waals surface area contributed by atoms with Gasteiger partial charge in [-0.25, -0.2) is 4.31 Å². The number of ether oxygens (including phenoxy) is 1. The molecule has 1 aliphatic heterocycles.